The summed E-state index contributed by atoms with van der Waals surface area (Å²) in [5.41, 5.74) is 0.935. The largest absolute Gasteiger partial charge is 0.486 e. The van der Waals surface area contributed by atoms with Crippen molar-refractivity contribution in [1.29, 1.82) is 0 Å². The van der Waals surface area contributed by atoms with Crippen LogP contribution in [-0.2, 0) is 11.2 Å². The average Bonchev–Trinajstić information content (AvgIpc) is 2.42. The SMILES string of the molecule is CC(=O)CCc1nccc2cc3c(cc12)OCCO3. The van der Waals surface area contributed by atoms with Gasteiger partial charge in [0.1, 0.15) is 19.0 Å². The van der Waals surface area contributed by atoms with Gasteiger partial charge in [-0.05, 0) is 36.9 Å². The predicted octanol–water partition coefficient (Wildman–Crippen LogP) is 2.53. The molecule has 0 saturated carbocycles. The summed E-state index contributed by atoms with van der Waals surface area (Å²) in [5, 5.41) is 2.10. The molecule has 0 aliphatic carbocycles. The van der Waals surface area contributed by atoms with Crippen molar-refractivity contribution >= 4 is 16.6 Å². The summed E-state index contributed by atoms with van der Waals surface area (Å²) in [6, 6.07) is 5.89. The molecule has 0 atom stereocenters. The van der Waals surface area contributed by atoms with Gasteiger partial charge >= 0.3 is 0 Å². The minimum absolute atomic E-state index is 0.177. The van der Waals surface area contributed by atoms with Crippen LogP contribution in [0.4, 0.5) is 0 Å². The van der Waals surface area contributed by atoms with Crippen molar-refractivity contribution in [1.82, 2.24) is 4.98 Å². The summed E-state index contributed by atoms with van der Waals surface area (Å²) < 4.78 is 11.2. The third-order valence-electron chi connectivity index (χ3n) is 3.22. The third-order valence-corrected chi connectivity index (χ3v) is 3.22. The van der Waals surface area contributed by atoms with Crippen molar-refractivity contribution in [3.63, 3.8) is 0 Å². The van der Waals surface area contributed by atoms with Crippen LogP contribution in [0.15, 0.2) is 24.4 Å². The molecule has 1 aliphatic rings. The number of pyridine rings is 1. The van der Waals surface area contributed by atoms with Gasteiger partial charge in [0.05, 0.1) is 0 Å². The first-order valence-electron chi connectivity index (χ1n) is 6.41. The first-order chi connectivity index (χ1) is 9.24. The Kier molecular flexibility index (Phi) is 3.07. The predicted molar refractivity (Wildman–Crippen MR) is 71.7 cm³/mol. The van der Waals surface area contributed by atoms with Crippen LogP contribution in [0.25, 0.3) is 10.8 Å². The number of aryl methyl sites for hydroxylation is 1. The number of hydrogen-bond acceptors (Lipinski definition) is 4. The van der Waals surface area contributed by atoms with Gasteiger partial charge in [-0.25, -0.2) is 0 Å². The maximum absolute atomic E-state index is 11.1. The van der Waals surface area contributed by atoms with Gasteiger partial charge in [-0.3, -0.25) is 4.98 Å². The normalized spacial score (nSPS) is 13.5. The summed E-state index contributed by atoms with van der Waals surface area (Å²) in [6.07, 6.45) is 2.95. The van der Waals surface area contributed by atoms with Crippen molar-refractivity contribution in [3.05, 3.63) is 30.1 Å². The molecule has 2 aromatic rings. The topological polar surface area (TPSA) is 48.4 Å². The van der Waals surface area contributed by atoms with Gasteiger partial charge < -0.3 is 14.3 Å². The molecule has 1 aliphatic heterocycles. The molecule has 98 valence electrons. The number of ketones is 1. The minimum atomic E-state index is 0.177. The number of aromatic nitrogens is 1. The van der Waals surface area contributed by atoms with E-state index < -0.39 is 0 Å². The van der Waals surface area contributed by atoms with Gasteiger partial charge in [0.25, 0.3) is 0 Å². The molecule has 1 aromatic carbocycles. The number of Topliss-reactive ketones (excluding diaryl/α,β-unsaturated/α-hetero) is 1. The van der Waals surface area contributed by atoms with E-state index in [0.717, 1.165) is 28.0 Å². The number of hydrogen-bond donors (Lipinski definition) is 0. The molecular formula is C15H15NO3. The fourth-order valence-corrected chi connectivity index (χ4v) is 2.26. The van der Waals surface area contributed by atoms with Crippen LogP contribution in [0.1, 0.15) is 19.0 Å². The zero-order valence-electron chi connectivity index (χ0n) is 10.8. The van der Waals surface area contributed by atoms with Crippen LogP contribution in [0.2, 0.25) is 0 Å². The van der Waals surface area contributed by atoms with E-state index >= 15 is 0 Å². The lowest BCUT2D eigenvalue weighted by molar-refractivity contribution is -0.116. The fraction of sp³-hybridized carbons (Fsp3) is 0.333. The molecule has 0 radical (unpaired) electrons. The maximum atomic E-state index is 11.1. The molecule has 0 bridgehead atoms. The van der Waals surface area contributed by atoms with Gasteiger partial charge in [-0.15, -0.1) is 0 Å². The van der Waals surface area contributed by atoms with E-state index in [1.54, 1.807) is 13.1 Å². The van der Waals surface area contributed by atoms with Crippen molar-refractivity contribution in [2.24, 2.45) is 0 Å². The number of carbonyl (C=O) groups is 1. The number of benzene rings is 1. The summed E-state index contributed by atoms with van der Waals surface area (Å²) in [5.74, 6) is 1.72. The van der Waals surface area contributed by atoms with E-state index in [1.807, 2.05) is 18.2 Å². The van der Waals surface area contributed by atoms with Crippen molar-refractivity contribution in [2.45, 2.75) is 19.8 Å². The highest BCUT2D eigenvalue weighted by atomic mass is 16.6. The molecule has 2 heterocycles. The van der Waals surface area contributed by atoms with E-state index in [4.69, 9.17) is 9.47 Å². The molecule has 0 spiro atoms. The molecular weight excluding hydrogens is 242 g/mol. The number of carbonyl (C=O) groups excluding carboxylic acids is 1. The molecule has 0 saturated heterocycles. The molecule has 19 heavy (non-hydrogen) atoms. The lowest BCUT2D eigenvalue weighted by Gasteiger charge is -2.19. The second-order valence-electron chi connectivity index (χ2n) is 4.68. The summed E-state index contributed by atoms with van der Waals surface area (Å²) in [7, 11) is 0. The molecule has 4 nitrogen and oxygen atoms in total. The van der Waals surface area contributed by atoms with Gasteiger partial charge in [0.2, 0.25) is 0 Å². The second kappa shape index (κ2) is 4.88. The highest BCUT2D eigenvalue weighted by Crippen LogP contribution is 2.35. The van der Waals surface area contributed by atoms with Crippen LogP contribution in [0, 0.1) is 0 Å². The summed E-state index contributed by atoms with van der Waals surface area (Å²) in [6.45, 7) is 2.76. The lowest BCUT2D eigenvalue weighted by atomic mass is 10.0. The standard InChI is InChI=1S/C15H15NO3/c1-10(17)2-3-13-12-9-15-14(18-6-7-19-15)8-11(12)4-5-16-13/h4-5,8-9H,2-3,6-7H2,1H3. The van der Waals surface area contributed by atoms with E-state index in [0.29, 0.717) is 26.1 Å². The Labute approximate surface area is 111 Å². The highest BCUT2D eigenvalue weighted by Gasteiger charge is 2.14. The fourth-order valence-electron chi connectivity index (χ4n) is 2.26. The average molecular weight is 257 g/mol. The molecule has 3 rings (SSSR count). The minimum Gasteiger partial charge on any atom is -0.486 e. The van der Waals surface area contributed by atoms with Crippen LogP contribution in [0.3, 0.4) is 0 Å². The summed E-state index contributed by atoms with van der Waals surface area (Å²) in [4.78, 5) is 15.5. The zero-order chi connectivity index (χ0) is 13.2. The lowest BCUT2D eigenvalue weighted by Crippen LogP contribution is -2.15. The Bertz CT molecular complexity index is 637. The zero-order valence-corrected chi connectivity index (χ0v) is 10.8. The first kappa shape index (κ1) is 12.0. The Morgan fingerprint density at radius 1 is 1.26 bits per heavy atom. The van der Waals surface area contributed by atoms with Crippen LogP contribution >= 0.6 is 0 Å². The Hall–Kier alpha value is -2.10. The van der Waals surface area contributed by atoms with E-state index in [1.165, 1.54) is 0 Å². The molecule has 1 aromatic heterocycles. The Balaban J connectivity index is 2.05. The smallest absolute Gasteiger partial charge is 0.162 e. The van der Waals surface area contributed by atoms with Crippen molar-refractivity contribution < 1.29 is 14.3 Å². The van der Waals surface area contributed by atoms with Crippen LogP contribution in [-0.4, -0.2) is 24.0 Å². The number of ether oxygens (including phenoxy) is 2. The maximum Gasteiger partial charge on any atom is 0.162 e. The highest BCUT2D eigenvalue weighted by molar-refractivity contribution is 5.88. The van der Waals surface area contributed by atoms with Crippen LogP contribution in [0.5, 0.6) is 11.5 Å². The monoisotopic (exact) mass is 257 g/mol. The molecule has 0 unspecified atom stereocenters. The van der Waals surface area contributed by atoms with E-state index in [2.05, 4.69) is 4.98 Å². The number of rotatable bonds is 3. The molecule has 0 N–H and O–H groups in total. The molecule has 0 fully saturated rings. The van der Waals surface area contributed by atoms with Crippen LogP contribution < -0.4 is 9.47 Å². The Morgan fingerprint density at radius 3 is 2.74 bits per heavy atom. The van der Waals surface area contributed by atoms with Crippen molar-refractivity contribution in [3.8, 4) is 11.5 Å². The van der Waals surface area contributed by atoms with Gasteiger partial charge in [-0.1, -0.05) is 0 Å². The van der Waals surface area contributed by atoms with Gasteiger partial charge in [0.15, 0.2) is 11.5 Å². The first-order valence-corrected chi connectivity index (χ1v) is 6.41. The summed E-state index contributed by atoms with van der Waals surface area (Å²) >= 11 is 0. The molecule has 0 amide bonds. The second-order valence-corrected chi connectivity index (χ2v) is 4.68. The number of fused-ring (bicyclic) bond motifs is 2. The Morgan fingerprint density at radius 2 is 2.00 bits per heavy atom. The van der Waals surface area contributed by atoms with E-state index in [9.17, 15) is 4.79 Å². The third kappa shape index (κ3) is 2.38. The van der Waals surface area contributed by atoms with Gasteiger partial charge in [-0.2, -0.15) is 0 Å². The number of nitrogens with zero attached hydrogens (tertiary/aromatic N) is 1. The van der Waals surface area contributed by atoms with E-state index in [-0.39, 0.29) is 5.78 Å². The van der Waals surface area contributed by atoms with Gasteiger partial charge in [0, 0.05) is 23.7 Å². The quantitative estimate of drug-likeness (QED) is 0.847. The molecule has 4 heteroatoms. The van der Waals surface area contributed by atoms with Crippen molar-refractivity contribution in [2.75, 3.05) is 13.2 Å².